The molecule has 2 amide bonds. The number of carbonyl (C=O) groups excluding carboxylic acids is 2. The molecule has 4 heterocycles. The van der Waals surface area contributed by atoms with Gasteiger partial charge in [0.2, 0.25) is 5.91 Å². The number of rotatable bonds is 2. The van der Waals surface area contributed by atoms with Crippen LogP contribution in [0.1, 0.15) is 23.2 Å². The van der Waals surface area contributed by atoms with Crippen molar-refractivity contribution in [3.8, 4) is 0 Å². The number of amides is 2. The molecule has 7 nitrogen and oxygen atoms in total. The standard InChI is InChI=1S/C15H16N4O3/c1-17-8-11(7-16-17)19-12-2-4-18(13(12)6-14(19)20)15(21)10-3-5-22-9-10/h3,5,7-9,12-13H,2,4,6H2,1H3/t12-,13+/m0/s1. The number of hydrogen-bond donors (Lipinski definition) is 0. The molecule has 0 radical (unpaired) electrons. The quantitative estimate of drug-likeness (QED) is 0.830. The monoisotopic (exact) mass is 300 g/mol. The Kier molecular flexibility index (Phi) is 2.82. The molecule has 114 valence electrons. The molecule has 0 spiro atoms. The van der Waals surface area contributed by atoms with Crippen molar-refractivity contribution in [1.82, 2.24) is 14.7 Å². The third-order valence-electron chi connectivity index (χ3n) is 4.49. The van der Waals surface area contributed by atoms with E-state index in [0.717, 1.165) is 12.1 Å². The number of likely N-dealkylation sites (tertiary alicyclic amines) is 1. The molecule has 0 bridgehead atoms. The number of fused-ring (bicyclic) bond motifs is 1. The average Bonchev–Trinajstić information content (AvgIpc) is 3.22. The Balaban J connectivity index is 1.60. The number of aromatic nitrogens is 2. The smallest absolute Gasteiger partial charge is 0.257 e. The first-order valence-corrected chi connectivity index (χ1v) is 7.29. The summed E-state index contributed by atoms with van der Waals surface area (Å²) in [4.78, 5) is 28.5. The highest BCUT2D eigenvalue weighted by atomic mass is 16.3. The number of aryl methyl sites for hydroxylation is 1. The number of furan rings is 1. The fourth-order valence-electron chi connectivity index (χ4n) is 3.52. The van der Waals surface area contributed by atoms with E-state index in [9.17, 15) is 9.59 Å². The van der Waals surface area contributed by atoms with Gasteiger partial charge < -0.3 is 14.2 Å². The molecule has 7 heteroatoms. The summed E-state index contributed by atoms with van der Waals surface area (Å²) in [5.74, 6) is -0.0187. The summed E-state index contributed by atoms with van der Waals surface area (Å²) in [6, 6.07) is 1.62. The molecule has 0 N–H and O–H groups in total. The number of nitrogens with zero attached hydrogens (tertiary/aromatic N) is 4. The maximum Gasteiger partial charge on any atom is 0.257 e. The third kappa shape index (κ3) is 1.85. The first-order valence-electron chi connectivity index (χ1n) is 7.29. The molecular weight excluding hydrogens is 284 g/mol. The van der Waals surface area contributed by atoms with E-state index in [1.807, 2.05) is 13.2 Å². The van der Waals surface area contributed by atoms with Crippen molar-refractivity contribution in [2.75, 3.05) is 11.4 Å². The summed E-state index contributed by atoms with van der Waals surface area (Å²) in [6.45, 7) is 0.656. The van der Waals surface area contributed by atoms with Crippen LogP contribution in [0.4, 0.5) is 5.69 Å². The van der Waals surface area contributed by atoms with Gasteiger partial charge in [0, 0.05) is 26.2 Å². The van der Waals surface area contributed by atoms with E-state index in [4.69, 9.17) is 4.42 Å². The molecule has 4 rings (SSSR count). The van der Waals surface area contributed by atoms with Crippen LogP contribution in [0.5, 0.6) is 0 Å². The molecule has 0 unspecified atom stereocenters. The zero-order valence-electron chi connectivity index (χ0n) is 12.2. The molecule has 2 aromatic heterocycles. The Labute approximate surface area is 127 Å². The van der Waals surface area contributed by atoms with Crippen LogP contribution in [-0.4, -0.2) is 45.1 Å². The lowest BCUT2D eigenvalue weighted by molar-refractivity contribution is -0.117. The largest absolute Gasteiger partial charge is 0.472 e. The van der Waals surface area contributed by atoms with E-state index in [1.165, 1.54) is 12.5 Å². The van der Waals surface area contributed by atoms with Crippen LogP contribution < -0.4 is 4.90 Å². The van der Waals surface area contributed by atoms with E-state index in [-0.39, 0.29) is 23.9 Å². The Morgan fingerprint density at radius 1 is 1.41 bits per heavy atom. The fraction of sp³-hybridized carbons (Fsp3) is 0.400. The predicted molar refractivity (Wildman–Crippen MR) is 77.2 cm³/mol. The van der Waals surface area contributed by atoms with E-state index in [0.29, 0.717) is 18.5 Å². The van der Waals surface area contributed by atoms with E-state index < -0.39 is 0 Å². The average molecular weight is 300 g/mol. The summed E-state index contributed by atoms with van der Waals surface area (Å²) >= 11 is 0. The highest BCUT2D eigenvalue weighted by molar-refractivity contribution is 6.00. The van der Waals surface area contributed by atoms with Crippen LogP contribution in [0.25, 0.3) is 0 Å². The van der Waals surface area contributed by atoms with Gasteiger partial charge >= 0.3 is 0 Å². The van der Waals surface area contributed by atoms with Crippen molar-refractivity contribution >= 4 is 17.5 Å². The van der Waals surface area contributed by atoms with Gasteiger partial charge in [0.05, 0.1) is 35.8 Å². The number of hydrogen-bond acceptors (Lipinski definition) is 4. The SMILES string of the molecule is Cn1cc(N2C(=O)C[C@@H]3[C@@H]2CCN3C(=O)c2ccoc2)cn1. The first-order chi connectivity index (χ1) is 10.6. The van der Waals surface area contributed by atoms with E-state index in [1.54, 1.807) is 26.7 Å². The van der Waals surface area contributed by atoms with Gasteiger partial charge in [-0.25, -0.2) is 0 Å². The van der Waals surface area contributed by atoms with E-state index >= 15 is 0 Å². The zero-order chi connectivity index (χ0) is 15.3. The fourth-order valence-corrected chi connectivity index (χ4v) is 3.52. The second kappa shape index (κ2) is 4.72. The second-order valence-corrected chi connectivity index (χ2v) is 5.77. The number of anilines is 1. The van der Waals surface area contributed by atoms with Crippen LogP contribution in [0.2, 0.25) is 0 Å². The second-order valence-electron chi connectivity index (χ2n) is 5.77. The summed E-state index contributed by atoms with van der Waals surface area (Å²) < 4.78 is 6.66. The van der Waals surface area contributed by atoms with Crippen molar-refractivity contribution < 1.29 is 14.0 Å². The molecule has 2 aliphatic heterocycles. The molecule has 2 saturated heterocycles. The van der Waals surface area contributed by atoms with Crippen LogP contribution in [0.15, 0.2) is 35.4 Å². The highest BCUT2D eigenvalue weighted by Gasteiger charge is 2.49. The van der Waals surface area contributed by atoms with Crippen molar-refractivity contribution in [3.63, 3.8) is 0 Å². The molecule has 2 aromatic rings. The minimum atomic E-state index is -0.0740. The lowest BCUT2D eigenvalue weighted by Gasteiger charge is -2.24. The molecule has 2 aliphatic rings. The summed E-state index contributed by atoms with van der Waals surface area (Å²) in [5.41, 5.74) is 1.34. The molecule has 0 saturated carbocycles. The minimum absolute atomic E-state index is 0.0348. The minimum Gasteiger partial charge on any atom is -0.472 e. The molecule has 0 aliphatic carbocycles. The van der Waals surface area contributed by atoms with Crippen molar-refractivity contribution in [2.24, 2.45) is 7.05 Å². The molecular formula is C15H16N4O3. The molecule has 2 fully saturated rings. The van der Waals surface area contributed by atoms with Crippen molar-refractivity contribution in [2.45, 2.75) is 24.9 Å². The van der Waals surface area contributed by atoms with Crippen LogP contribution >= 0.6 is 0 Å². The molecule has 0 aromatic carbocycles. The zero-order valence-corrected chi connectivity index (χ0v) is 12.2. The number of carbonyl (C=O) groups is 2. The van der Waals surface area contributed by atoms with Gasteiger partial charge in [-0.3, -0.25) is 14.3 Å². The molecule has 2 atom stereocenters. The lowest BCUT2D eigenvalue weighted by atomic mass is 10.1. The maximum atomic E-state index is 12.5. The van der Waals surface area contributed by atoms with Crippen LogP contribution in [0.3, 0.4) is 0 Å². The Morgan fingerprint density at radius 2 is 2.27 bits per heavy atom. The van der Waals surface area contributed by atoms with Gasteiger partial charge in [0.25, 0.3) is 5.91 Å². The van der Waals surface area contributed by atoms with Gasteiger partial charge in [-0.15, -0.1) is 0 Å². The summed E-state index contributed by atoms with van der Waals surface area (Å²) in [7, 11) is 1.82. The Morgan fingerprint density at radius 3 is 2.95 bits per heavy atom. The van der Waals surface area contributed by atoms with Crippen molar-refractivity contribution in [3.05, 3.63) is 36.5 Å². The van der Waals surface area contributed by atoms with Crippen LogP contribution in [0, 0.1) is 0 Å². The Hall–Kier alpha value is -2.57. The van der Waals surface area contributed by atoms with Gasteiger partial charge in [0.1, 0.15) is 6.26 Å². The third-order valence-corrected chi connectivity index (χ3v) is 4.49. The topological polar surface area (TPSA) is 71.6 Å². The van der Waals surface area contributed by atoms with Gasteiger partial charge in [-0.1, -0.05) is 0 Å². The predicted octanol–water partition coefficient (Wildman–Crippen LogP) is 1.03. The highest BCUT2D eigenvalue weighted by Crippen LogP contribution is 2.36. The van der Waals surface area contributed by atoms with Crippen molar-refractivity contribution in [1.29, 1.82) is 0 Å². The van der Waals surface area contributed by atoms with Crippen LogP contribution in [-0.2, 0) is 11.8 Å². The van der Waals surface area contributed by atoms with Gasteiger partial charge in [0.15, 0.2) is 0 Å². The van der Waals surface area contributed by atoms with E-state index in [2.05, 4.69) is 5.10 Å². The lowest BCUT2D eigenvalue weighted by Crippen LogP contribution is -2.39. The normalized spacial score (nSPS) is 24.1. The summed E-state index contributed by atoms with van der Waals surface area (Å²) in [5, 5.41) is 4.13. The summed E-state index contributed by atoms with van der Waals surface area (Å²) in [6.07, 6.45) is 7.62. The van der Waals surface area contributed by atoms with Gasteiger partial charge in [-0.05, 0) is 12.5 Å². The molecule has 22 heavy (non-hydrogen) atoms. The Bertz CT molecular complexity index is 721. The maximum absolute atomic E-state index is 12.5. The van der Waals surface area contributed by atoms with Gasteiger partial charge in [-0.2, -0.15) is 5.10 Å². The first kappa shape index (κ1) is 13.1.